The number of carbonyl (C=O) groups excluding carboxylic acids is 1. The van der Waals surface area contributed by atoms with Gasteiger partial charge in [-0.25, -0.2) is 17.5 Å². The van der Waals surface area contributed by atoms with E-state index in [1.807, 2.05) is 12.1 Å². The second-order valence-corrected chi connectivity index (χ2v) is 7.85. The van der Waals surface area contributed by atoms with Crippen molar-refractivity contribution in [3.8, 4) is 0 Å². The van der Waals surface area contributed by atoms with Crippen LogP contribution in [0.3, 0.4) is 0 Å². The predicted octanol–water partition coefficient (Wildman–Crippen LogP) is 1.84. The Labute approximate surface area is 164 Å². The Morgan fingerprint density at radius 3 is 2.52 bits per heavy atom. The summed E-state index contributed by atoms with van der Waals surface area (Å²) in [5, 5.41) is 6.04. The van der Waals surface area contributed by atoms with E-state index in [-0.39, 0.29) is 36.2 Å². The van der Waals surface area contributed by atoms with Crippen molar-refractivity contribution in [2.45, 2.75) is 31.0 Å². The van der Waals surface area contributed by atoms with Gasteiger partial charge in [0.15, 0.2) is 0 Å². The summed E-state index contributed by atoms with van der Waals surface area (Å²) < 4.78 is 39.3. The molecule has 9 heteroatoms. The molecule has 2 aromatic carbocycles. The lowest BCUT2D eigenvalue weighted by Crippen LogP contribution is -2.30. The highest BCUT2D eigenvalue weighted by Crippen LogP contribution is 2.16. The molecule has 146 valence electrons. The first kappa shape index (κ1) is 21.3. The molecular formula is C18H21ClFN3O3S. The van der Waals surface area contributed by atoms with E-state index in [1.54, 1.807) is 0 Å². The number of sulfonamides is 1. The summed E-state index contributed by atoms with van der Waals surface area (Å²) in [5.74, 6) is -0.754. The fraction of sp³-hybridized carbons (Fsp3) is 0.278. The van der Waals surface area contributed by atoms with Crippen LogP contribution in [0, 0.1) is 5.82 Å². The van der Waals surface area contributed by atoms with Crippen LogP contribution < -0.4 is 15.4 Å². The van der Waals surface area contributed by atoms with Gasteiger partial charge in [-0.1, -0.05) is 18.2 Å². The monoisotopic (exact) mass is 413 g/mol. The van der Waals surface area contributed by atoms with Gasteiger partial charge in [0.25, 0.3) is 0 Å². The van der Waals surface area contributed by atoms with Crippen LogP contribution in [0.4, 0.5) is 4.39 Å². The standard InChI is InChI=1S/C18H20FN3O3S.ClH/c19-16-3-5-17(6-4-16)26(24,25)22-8-7-18(23)21-10-13-1-2-14-11-20-12-15(14)9-13;/h1-6,9,20,22H,7-8,10-12H2,(H,21,23);1H. The van der Waals surface area contributed by atoms with Gasteiger partial charge >= 0.3 is 0 Å². The Kier molecular flexibility index (Phi) is 7.32. The summed E-state index contributed by atoms with van der Waals surface area (Å²) in [6, 6.07) is 10.6. The van der Waals surface area contributed by atoms with E-state index < -0.39 is 15.8 Å². The molecule has 27 heavy (non-hydrogen) atoms. The molecule has 0 saturated carbocycles. The number of benzene rings is 2. The number of hydrogen-bond acceptors (Lipinski definition) is 4. The highest BCUT2D eigenvalue weighted by atomic mass is 35.5. The van der Waals surface area contributed by atoms with Crippen molar-refractivity contribution < 1.29 is 17.6 Å². The molecule has 1 aliphatic heterocycles. The molecular weight excluding hydrogens is 393 g/mol. The van der Waals surface area contributed by atoms with E-state index in [0.717, 1.165) is 30.8 Å². The number of halogens is 2. The smallest absolute Gasteiger partial charge is 0.240 e. The Morgan fingerprint density at radius 2 is 1.78 bits per heavy atom. The van der Waals surface area contributed by atoms with E-state index in [9.17, 15) is 17.6 Å². The maximum Gasteiger partial charge on any atom is 0.240 e. The number of amides is 1. The van der Waals surface area contributed by atoms with Crippen molar-refractivity contribution in [1.82, 2.24) is 15.4 Å². The molecule has 0 unspecified atom stereocenters. The van der Waals surface area contributed by atoms with E-state index in [4.69, 9.17) is 0 Å². The number of fused-ring (bicyclic) bond motifs is 1. The van der Waals surface area contributed by atoms with E-state index in [1.165, 1.54) is 23.3 Å². The molecule has 6 nitrogen and oxygen atoms in total. The van der Waals surface area contributed by atoms with Gasteiger partial charge in [-0.2, -0.15) is 0 Å². The highest BCUT2D eigenvalue weighted by molar-refractivity contribution is 7.89. The summed E-state index contributed by atoms with van der Waals surface area (Å²) in [4.78, 5) is 11.9. The highest BCUT2D eigenvalue weighted by Gasteiger charge is 2.14. The summed E-state index contributed by atoms with van der Waals surface area (Å²) in [7, 11) is -3.75. The number of carbonyl (C=O) groups is 1. The van der Waals surface area contributed by atoms with Crippen LogP contribution in [0.1, 0.15) is 23.1 Å². The minimum Gasteiger partial charge on any atom is -0.352 e. The molecule has 2 aromatic rings. The molecule has 0 fully saturated rings. The number of hydrogen-bond donors (Lipinski definition) is 3. The first-order valence-electron chi connectivity index (χ1n) is 8.27. The molecule has 0 spiro atoms. The molecule has 0 atom stereocenters. The molecule has 0 saturated heterocycles. The SMILES string of the molecule is Cl.O=C(CCNS(=O)(=O)c1ccc(F)cc1)NCc1ccc2c(c1)CNC2. The van der Waals surface area contributed by atoms with E-state index >= 15 is 0 Å². The zero-order valence-corrected chi connectivity index (χ0v) is 16.1. The Hall–Kier alpha value is -2.00. The summed E-state index contributed by atoms with van der Waals surface area (Å²) in [6.07, 6.45) is 0.0208. The molecule has 0 aliphatic carbocycles. The van der Waals surface area contributed by atoms with Crippen molar-refractivity contribution >= 4 is 28.3 Å². The van der Waals surface area contributed by atoms with Crippen molar-refractivity contribution in [2.75, 3.05) is 6.54 Å². The van der Waals surface area contributed by atoms with Crippen LogP contribution in [-0.2, 0) is 34.5 Å². The normalized spacial score (nSPS) is 12.9. The fourth-order valence-electron chi connectivity index (χ4n) is 2.74. The lowest BCUT2D eigenvalue weighted by Gasteiger charge is -2.09. The topological polar surface area (TPSA) is 87.3 Å². The van der Waals surface area contributed by atoms with Gasteiger partial charge < -0.3 is 10.6 Å². The minimum absolute atomic E-state index is 0. The van der Waals surface area contributed by atoms with Gasteiger partial charge in [-0.15, -0.1) is 12.4 Å². The van der Waals surface area contributed by atoms with Crippen molar-refractivity contribution in [2.24, 2.45) is 0 Å². The summed E-state index contributed by atoms with van der Waals surface area (Å²) in [6.45, 7) is 2.08. The average molecular weight is 414 g/mol. The van der Waals surface area contributed by atoms with Gasteiger partial charge in [-0.3, -0.25) is 4.79 Å². The lowest BCUT2D eigenvalue weighted by molar-refractivity contribution is -0.121. The third kappa shape index (κ3) is 5.74. The van der Waals surface area contributed by atoms with E-state index in [0.29, 0.717) is 6.54 Å². The van der Waals surface area contributed by atoms with Crippen LogP contribution >= 0.6 is 12.4 Å². The first-order chi connectivity index (χ1) is 12.4. The molecule has 0 radical (unpaired) electrons. The third-order valence-corrected chi connectivity index (χ3v) is 5.64. The molecule has 3 N–H and O–H groups in total. The lowest BCUT2D eigenvalue weighted by atomic mass is 10.1. The van der Waals surface area contributed by atoms with Crippen LogP contribution in [0.25, 0.3) is 0 Å². The van der Waals surface area contributed by atoms with Gasteiger partial charge in [-0.05, 0) is 41.0 Å². The Bertz CT molecular complexity index is 905. The summed E-state index contributed by atoms with van der Waals surface area (Å²) >= 11 is 0. The fourth-order valence-corrected chi connectivity index (χ4v) is 3.77. The Morgan fingerprint density at radius 1 is 1.07 bits per heavy atom. The van der Waals surface area contributed by atoms with Gasteiger partial charge in [0.1, 0.15) is 5.82 Å². The minimum atomic E-state index is -3.75. The average Bonchev–Trinajstić information content (AvgIpc) is 3.08. The third-order valence-electron chi connectivity index (χ3n) is 4.16. The van der Waals surface area contributed by atoms with Crippen molar-refractivity contribution in [1.29, 1.82) is 0 Å². The molecule has 0 bridgehead atoms. The van der Waals surface area contributed by atoms with Gasteiger partial charge in [0.05, 0.1) is 4.90 Å². The molecule has 3 rings (SSSR count). The van der Waals surface area contributed by atoms with Crippen LogP contribution in [0.15, 0.2) is 47.4 Å². The molecule has 1 heterocycles. The second kappa shape index (κ2) is 9.27. The van der Waals surface area contributed by atoms with Crippen LogP contribution in [-0.4, -0.2) is 20.9 Å². The molecule has 1 amide bonds. The second-order valence-electron chi connectivity index (χ2n) is 6.09. The maximum atomic E-state index is 12.9. The van der Waals surface area contributed by atoms with Crippen LogP contribution in [0.2, 0.25) is 0 Å². The molecule has 0 aromatic heterocycles. The van der Waals surface area contributed by atoms with E-state index in [2.05, 4.69) is 21.4 Å². The Balaban J connectivity index is 0.00000261. The molecule has 1 aliphatic rings. The largest absolute Gasteiger partial charge is 0.352 e. The van der Waals surface area contributed by atoms with Gasteiger partial charge in [0, 0.05) is 32.6 Å². The van der Waals surface area contributed by atoms with Gasteiger partial charge in [0.2, 0.25) is 15.9 Å². The van der Waals surface area contributed by atoms with Crippen molar-refractivity contribution in [3.63, 3.8) is 0 Å². The van der Waals surface area contributed by atoms with Crippen molar-refractivity contribution in [3.05, 3.63) is 65.0 Å². The first-order valence-corrected chi connectivity index (χ1v) is 9.76. The zero-order valence-electron chi connectivity index (χ0n) is 14.5. The number of nitrogens with one attached hydrogen (secondary N) is 3. The quantitative estimate of drug-likeness (QED) is 0.646. The predicted molar refractivity (Wildman–Crippen MR) is 102 cm³/mol. The van der Waals surface area contributed by atoms with Crippen LogP contribution in [0.5, 0.6) is 0 Å². The number of rotatable bonds is 7. The maximum absolute atomic E-state index is 12.9. The zero-order chi connectivity index (χ0) is 18.6. The summed E-state index contributed by atoms with van der Waals surface area (Å²) in [5.41, 5.74) is 3.52.